The van der Waals surface area contributed by atoms with Crippen LogP contribution in [0.3, 0.4) is 0 Å². The number of hydrogen-bond donors (Lipinski definition) is 1. The molecular formula is C55H84AuB2KO8P2+2. The van der Waals surface area contributed by atoms with Gasteiger partial charge in [-0.05, 0) is 80.4 Å². The summed E-state index contributed by atoms with van der Waals surface area (Å²) < 4.78 is 36.9. The number of rotatable bonds is 9. The number of ether oxygens (including phenoxy) is 7. The van der Waals surface area contributed by atoms with Crippen LogP contribution in [0.15, 0.2) is 109 Å². The van der Waals surface area contributed by atoms with Gasteiger partial charge in [0.25, 0.3) is 0 Å². The average molecular weight is 1190 g/mol. The molecule has 3 aliphatic heterocycles. The maximum Gasteiger partial charge on any atom is 1.00 e. The van der Waals surface area contributed by atoms with Crippen LogP contribution < -0.4 is 94.8 Å². The molecule has 0 aromatic heterocycles. The van der Waals surface area contributed by atoms with E-state index in [-0.39, 0.29) is 73.8 Å². The molecule has 7 rings (SSSR count). The van der Waals surface area contributed by atoms with Crippen molar-refractivity contribution in [3.05, 3.63) is 109 Å². The summed E-state index contributed by atoms with van der Waals surface area (Å²) in [6.45, 7) is 35.1. The van der Waals surface area contributed by atoms with Crippen molar-refractivity contribution < 1.29 is 112 Å². The molecule has 0 amide bonds. The Morgan fingerprint density at radius 1 is 0.420 bits per heavy atom. The first-order valence-electron chi connectivity index (χ1n) is 25.3. The predicted octanol–water partition coefficient (Wildman–Crippen LogP) is 2.76. The topological polar surface area (TPSA) is 84.8 Å². The predicted molar refractivity (Wildman–Crippen MR) is 294 cm³/mol. The molecule has 8 nitrogen and oxygen atoms in total. The Balaban J connectivity index is 0.000000417. The van der Waals surface area contributed by atoms with E-state index < -0.39 is 28.3 Å². The summed E-state index contributed by atoms with van der Waals surface area (Å²) in [7, 11) is -1.86. The molecule has 0 unspecified atom stereocenters. The Morgan fingerprint density at radius 3 is 0.942 bits per heavy atom. The smallest absolute Gasteiger partial charge is 0.594 e. The van der Waals surface area contributed by atoms with Gasteiger partial charge in [-0.3, -0.25) is 0 Å². The minimum atomic E-state index is -2.23. The minimum Gasteiger partial charge on any atom is -0.594 e. The summed E-state index contributed by atoms with van der Waals surface area (Å²) in [5.41, 5.74) is 10.5. The standard InChI is InChI=1S/C39H50B2OP2.C12H24O6.C4H8O.Au.K/c1-27(2)40(36-23-15-17-25-38(36)43(28(3)4)29(5)6)32-19-11-13-21-34(32)41(42,35-22-14-12-20-33(35)40)37-24-16-18-26-39(37)44(30(7)8)31(9)10;1-2-14-5-6-16-9-10-18-12-11-17-8-7-15-4-3-13-1;1-2-4-5-3-1;;/h11-26,28-31,42H,1H2,2-10H3;1-12H2;1-4H2;;/q-2;;;2*+1/p+2. The van der Waals surface area contributed by atoms with Gasteiger partial charge < -0.3 is 38.2 Å². The van der Waals surface area contributed by atoms with Crippen molar-refractivity contribution in [3.63, 3.8) is 0 Å². The number of fused-ring (bicyclic) bond motifs is 2. The van der Waals surface area contributed by atoms with E-state index in [0.717, 1.165) is 35.1 Å². The van der Waals surface area contributed by atoms with Gasteiger partial charge in [-0.25, -0.2) is 27.3 Å². The fraction of sp³-hybridized carbons (Fsp3) is 0.527. The zero-order valence-corrected chi connectivity index (χ0v) is 51.1. The normalized spacial score (nSPS) is 20.6. The van der Waals surface area contributed by atoms with Crippen molar-refractivity contribution in [2.24, 2.45) is 0 Å². The second kappa shape index (κ2) is 32.9. The van der Waals surface area contributed by atoms with Crippen LogP contribution in [0, 0.1) is 0 Å². The second-order valence-corrected chi connectivity index (χ2v) is 27.0. The van der Waals surface area contributed by atoms with E-state index in [1.165, 1.54) is 39.8 Å². The van der Waals surface area contributed by atoms with Crippen molar-refractivity contribution >= 4 is 71.7 Å². The molecule has 4 aromatic carbocycles. The first-order valence-corrected chi connectivity index (χ1v) is 28.6. The molecule has 4 aromatic rings. The summed E-state index contributed by atoms with van der Waals surface area (Å²) in [5, 5.41) is 16.5. The molecule has 69 heavy (non-hydrogen) atoms. The van der Waals surface area contributed by atoms with Gasteiger partial charge in [-0.2, -0.15) is 5.46 Å². The van der Waals surface area contributed by atoms with Gasteiger partial charge in [0.1, 0.15) is 0 Å². The van der Waals surface area contributed by atoms with Crippen molar-refractivity contribution in [1.82, 2.24) is 0 Å². The van der Waals surface area contributed by atoms with Gasteiger partial charge in [0.15, 0.2) is 6.35 Å². The maximum absolute atomic E-state index is 13.6. The average Bonchev–Trinajstić information content (AvgIpc) is 3.91. The molecule has 0 saturated carbocycles. The molecule has 2 saturated heterocycles. The zero-order chi connectivity index (χ0) is 48.2. The number of hydrogen-bond acceptors (Lipinski definition) is 8. The van der Waals surface area contributed by atoms with Crippen molar-refractivity contribution in [3.8, 4) is 0 Å². The Hall–Kier alpha value is -0.334. The zero-order valence-electron chi connectivity index (χ0n) is 43.8. The van der Waals surface area contributed by atoms with Crippen LogP contribution in [0.2, 0.25) is 0 Å². The fourth-order valence-electron chi connectivity index (χ4n) is 11.0. The number of benzene rings is 4. The quantitative estimate of drug-likeness (QED) is 0.203. The molecular weight excluding hydrogens is 1110 g/mol. The second-order valence-electron chi connectivity index (χ2n) is 19.5. The van der Waals surface area contributed by atoms with Gasteiger partial charge in [0, 0.05) is 29.1 Å². The monoisotopic (exact) mass is 1190 g/mol. The van der Waals surface area contributed by atoms with Gasteiger partial charge in [0.2, 0.25) is 0 Å². The molecule has 0 radical (unpaired) electrons. The molecule has 3 aliphatic rings. The summed E-state index contributed by atoms with van der Waals surface area (Å²) >= 11 is 0. The van der Waals surface area contributed by atoms with Crippen molar-refractivity contribution in [2.45, 2.75) is 97.8 Å². The summed E-state index contributed by atoms with van der Waals surface area (Å²) in [6.07, 6.45) is -1.25. The van der Waals surface area contributed by atoms with Gasteiger partial charge >= 0.3 is 73.8 Å². The molecule has 14 heteroatoms. The van der Waals surface area contributed by atoms with Gasteiger partial charge in [-0.1, -0.05) is 91.9 Å². The van der Waals surface area contributed by atoms with Crippen LogP contribution in [0.4, 0.5) is 0 Å². The third kappa shape index (κ3) is 16.6. The minimum absolute atomic E-state index is 0. The van der Waals surface area contributed by atoms with E-state index in [9.17, 15) is 5.02 Å². The third-order valence-corrected chi connectivity index (χ3v) is 20.7. The van der Waals surface area contributed by atoms with E-state index >= 15 is 0 Å². The fourth-order valence-corrected chi connectivity index (χ4v) is 18.0. The van der Waals surface area contributed by atoms with Crippen LogP contribution in [0.5, 0.6) is 0 Å². The first kappa shape index (κ1) is 63.0. The van der Waals surface area contributed by atoms with E-state index in [4.69, 9.17) is 39.7 Å². The Morgan fingerprint density at radius 2 is 0.667 bits per heavy atom. The van der Waals surface area contributed by atoms with Crippen LogP contribution in [0.1, 0.15) is 75.2 Å². The summed E-state index contributed by atoms with van der Waals surface area (Å²) in [5.74, 6) is 0. The maximum atomic E-state index is 13.6. The Labute approximate surface area is 478 Å². The Kier molecular flexibility index (Phi) is 30.0. The van der Waals surface area contributed by atoms with Crippen LogP contribution >= 0.6 is 15.8 Å². The molecule has 2 fully saturated rings. The molecule has 3 heterocycles. The molecule has 0 bridgehead atoms. The van der Waals surface area contributed by atoms with Crippen LogP contribution in [-0.2, 0) is 55.5 Å². The first-order chi connectivity index (χ1) is 32.4. The molecule has 0 aliphatic carbocycles. The summed E-state index contributed by atoms with van der Waals surface area (Å²) in [4.78, 5) is 0. The molecule has 378 valence electrons. The van der Waals surface area contributed by atoms with E-state index in [0.29, 0.717) is 102 Å². The molecule has 0 spiro atoms. The molecule has 1 N–H and O–H groups in total. The van der Waals surface area contributed by atoms with Gasteiger partial charge in [-0.15, -0.1) is 12.0 Å². The third-order valence-electron chi connectivity index (χ3n) is 13.6. The Bertz CT molecular complexity index is 1940. The van der Waals surface area contributed by atoms with Crippen molar-refractivity contribution in [2.75, 3.05) is 92.5 Å². The summed E-state index contributed by atoms with van der Waals surface area (Å²) in [6, 6.07) is 35.7. The van der Waals surface area contributed by atoms with Crippen LogP contribution in [-0.4, -0.2) is 133 Å². The van der Waals surface area contributed by atoms with E-state index in [1.54, 1.807) is 0 Å². The van der Waals surface area contributed by atoms with Crippen molar-refractivity contribution in [1.29, 1.82) is 0 Å². The largest absolute Gasteiger partial charge is 1.00 e. The SMILES string of the molecule is C1CCOC1.C1COCCOCCOCCOCCOCCO1.C=C(C)[B-]1(c2ccccc2[PH+](C(C)C)C(C)C)c2ccccc2[B-](O)(c2ccccc2[PH+](C(C)C)C(C)C)c2ccccc21.[Au+].[K+]. The van der Waals surface area contributed by atoms with E-state index in [1.807, 2.05) is 0 Å². The van der Waals surface area contributed by atoms with Crippen LogP contribution in [0.25, 0.3) is 0 Å². The molecule has 0 atom stereocenters. The number of allylic oxidation sites excluding steroid dienone is 1. The van der Waals surface area contributed by atoms with Gasteiger partial charge in [0.05, 0.1) is 119 Å². The van der Waals surface area contributed by atoms with E-state index in [2.05, 4.69) is 159 Å².